The number of hydrogen-bond donors (Lipinski definition) is 1. The smallest absolute Gasteiger partial charge is 0.235 e. The Kier molecular flexibility index (Phi) is 3.06. The molecule has 0 unspecified atom stereocenters. The molecule has 0 aliphatic rings. The molecular formula is C13H14BrN5S. The highest BCUT2D eigenvalue weighted by Crippen LogP contribution is 2.34. The summed E-state index contributed by atoms with van der Waals surface area (Å²) in [4.78, 5) is 0.791. The molecule has 0 saturated carbocycles. The summed E-state index contributed by atoms with van der Waals surface area (Å²) < 4.78 is 2.78. The second-order valence-electron chi connectivity index (χ2n) is 5.61. The highest BCUT2D eigenvalue weighted by molar-refractivity contribution is 9.10. The van der Waals surface area contributed by atoms with Gasteiger partial charge in [0, 0.05) is 21.1 Å². The maximum absolute atomic E-state index is 5.85. The van der Waals surface area contributed by atoms with Gasteiger partial charge < -0.3 is 5.73 Å². The zero-order valence-electron chi connectivity index (χ0n) is 11.4. The Hall–Kier alpha value is -1.47. The van der Waals surface area contributed by atoms with Gasteiger partial charge in [0.05, 0.1) is 0 Å². The minimum Gasteiger partial charge on any atom is -0.399 e. The van der Waals surface area contributed by atoms with Crippen molar-refractivity contribution in [1.82, 2.24) is 19.8 Å². The monoisotopic (exact) mass is 351 g/mol. The number of nitrogen functional groups attached to an aromatic ring is 1. The van der Waals surface area contributed by atoms with Gasteiger partial charge in [-0.15, -0.1) is 10.2 Å². The van der Waals surface area contributed by atoms with Crippen LogP contribution >= 0.6 is 27.3 Å². The Morgan fingerprint density at radius 1 is 1.25 bits per heavy atom. The molecule has 0 amide bonds. The zero-order chi connectivity index (χ0) is 14.5. The lowest BCUT2D eigenvalue weighted by Gasteiger charge is -2.13. The molecule has 0 fully saturated rings. The summed E-state index contributed by atoms with van der Waals surface area (Å²) in [6.07, 6.45) is 0. The van der Waals surface area contributed by atoms with Crippen molar-refractivity contribution in [2.24, 2.45) is 0 Å². The molecule has 20 heavy (non-hydrogen) atoms. The van der Waals surface area contributed by atoms with Gasteiger partial charge in [-0.2, -0.15) is 9.61 Å². The first-order valence-corrected chi connectivity index (χ1v) is 7.75. The van der Waals surface area contributed by atoms with Crippen LogP contribution in [0.2, 0.25) is 0 Å². The number of aromatic nitrogens is 4. The number of nitrogens with zero attached hydrogens (tertiary/aromatic N) is 4. The molecular weight excluding hydrogens is 338 g/mol. The van der Waals surface area contributed by atoms with Crippen LogP contribution in [0.3, 0.4) is 0 Å². The van der Waals surface area contributed by atoms with Gasteiger partial charge in [0.2, 0.25) is 4.96 Å². The predicted octanol–water partition coefficient (Wildman–Crippen LogP) is 3.50. The average Bonchev–Trinajstić information content (AvgIpc) is 2.89. The maximum atomic E-state index is 5.85. The number of benzene rings is 1. The van der Waals surface area contributed by atoms with E-state index in [1.165, 1.54) is 11.3 Å². The molecule has 2 heterocycles. The number of rotatable bonds is 1. The normalized spacial score (nSPS) is 12.2. The van der Waals surface area contributed by atoms with E-state index in [2.05, 4.69) is 52.0 Å². The van der Waals surface area contributed by atoms with Gasteiger partial charge in [-0.1, -0.05) is 48.0 Å². The lowest BCUT2D eigenvalue weighted by molar-refractivity contribution is 0.528. The van der Waals surface area contributed by atoms with Gasteiger partial charge in [-0.25, -0.2) is 0 Å². The summed E-state index contributed by atoms with van der Waals surface area (Å²) in [5.41, 5.74) is 7.44. The number of halogens is 1. The largest absolute Gasteiger partial charge is 0.399 e. The van der Waals surface area contributed by atoms with E-state index in [0.29, 0.717) is 5.69 Å². The van der Waals surface area contributed by atoms with Crippen LogP contribution in [0.4, 0.5) is 5.69 Å². The molecule has 0 aliphatic heterocycles. The quantitative estimate of drug-likeness (QED) is 0.681. The Labute approximate surface area is 129 Å². The van der Waals surface area contributed by atoms with Crippen molar-refractivity contribution in [1.29, 1.82) is 0 Å². The highest BCUT2D eigenvalue weighted by atomic mass is 79.9. The van der Waals surface area contributed by atoms with Crippen molar-refractivity contribution in [2.45, 2.75) is 26.2 Å². The van der Waals surface area contributed by atoms with E-state index in [1.807, 2.05) is 22.7 Å². The van der Waals surface area contributed by atoms with Gasteiger partial charge in [0.25, 0.3) is 0 Å². The van der Waals surface area contributed by atoms with E-state index in [9.17, 15) is 0 Å². The molecule has 0 atom stereocenters. The van der Waals surface area contributed by atoms with Crippen molar-refractivity contribution < 1.29 is 0 Å². The van der Waals surface area contributed by atoms with Gasteiger partial charge >= 0.3 is 0 Å². The molecule has 0 aliphatic carbocycles. The minimum atomic E-state index is -0.0995. The summed E-state index contributed by atoms with van der Waals surface area (Å²) >= 11 is 5.04. The molecule has 2 aromatic heterocycles. The van der Waals surface area contributed by atoms with E-state index in [4.69, 9.17) is 5.73 Å². The molecule has 7 heteroatoms. The second-order valence-corrected chi connectivity index (χ2v) is 7.42. The summed E-state index contributed by atoms with van der Waals surface area (Å²) in [7, 11) is 0. The summed E-state index contributed by atoms with van der Waals surface area (Å²) in [5, 5.41) is 13.9. The van der Waals surface area contributed by atoms with Crippen molar-refractivity contribution in [2.75, 3.05) is 5.73 Å². The van der Waals surface area contributed by atoms with Crippen molar-refractivity contribution in [3.63, 3.8) is 0 Å². The Bertz CT molecular complexity index is 784. The predicted molar refractivity (Wildman–Crippen MR) is 84.9 cm³/mol. The molecule has 3 aromatic rings. The van der Waals surface area contributed by atoms with Gasteiger partial charge in [0.1, 0.15) is 5.01 Å². The Morgan fingerprint density at radius 3 is 2.70 bits per heavy atom. The fraction of sp³-hybridized carbons (Fsp3) is 0.308. The van der Waals surface area contributed by atoms with Gasteiger partial charge in [-0.05, 0) is 18.2 Å². The fourth-order valence-corrected chi connectivity index (χ4v) is 3.34. The third-order valence-electron chi connectivity index (χ3n) is 2.88. The van der Waals surface area contributed by atoms with E-state index in [0.717, 1.165) is 25.8 Å². The zero-order valence-corrected chi connectivity index (χ0v) is 13.8. The van der Waals surface area contributed by atoms with Crippen molar-refractivity contribution in [3.05, 3.63) is 28.5 Å². The van der Waals surface area contributed by atoms with E-state index in [-0.39, 0.29) is 5.41 Å². The van der Waals surface area contributed by atoms with Crippen LogP contribution in [0.1, 0.15) is 26.6 Å². The summed E-state index contributed by atoms with van der Waals surface area (Å²) in [6.45, 7) is 6.29. The first-order valence-electron chi connectivity index (χ1n) is 6.14. The van der Waals surface area contributed by atoms with E-state index < -0.39 is 0 Å². The van der Waals surface area contributed by atoms with Crippen LogP contribution < -0.4 is 5.73 Å². The van der Waals surface area contributed by atoms with E-state index in [1.54, 1.807) is 0 Å². The maximum Gasteiger partial charge on any atom is 0.235 e. The SMILES string of the molecule is CC(C)(C)c1nnc2sc(-c3cc(N)ccc3Br)nn12. The minimum absolute atomic E-state index is 0.0995. The molecule has 0 spiro atoms. The van der Waals surface area contributed by atoms with Crippen molar-refractivity contribution >= 4 is 37.9 Å². The lowest BCUT2D eigenvalue weighted by atomic mass is 9.96. The van der Waals surface area contributed by atoms with E-state index >= 15 is 0 Å². The van der Waals surface area contributed by atoms with Crippen LogP contribution in [-0.2, 0) is 5.41 Å². The molecule has 0 bridgehead atoms. The average molecular weight is 352 g/mol. The third kappa shape index (κ3) is 2.20. The van der Waals surface area contributed by atoms with Gasteiger partial charge in [0.15, 0.2) is 5.82 Å². The number of hydrogen-bond acceptors (Lipinski definition) is 5. The fourth-order valence-electron chi connectivity index (χ4n) is 1.90. The van der Waals surface area contributed by atoms with Crippen molar-refractivity contribution in [3.8, 4) is 10.6 Å². The Morgan fingerprint density at radius 2 is 2.00 bits per heavy atom. The third-order valence-corrected chi connectivity index (χ3v) is 4.51. The van der Waals surface area contributed by atoms with Crippen LogP contribution in [0.15, 0.2) is 22.7 Å². The molecule has 104 valence electrons. The lowest BCUT2D eigenvalue weighted by Crippen LogP contribution is -2.16. The topological polar surface area (TPSA) is 69.1 Å². The number of nitrogens with two attached hydrogens (primary N) is 1. The molecule has 2 N–H and O–H groups in total. The molecule has 3 rings (SSSR count). The number of anilines is 1. The van der Waals surface area contributed by atoms with Crippen LogP contribution in [0.25, 0.3) is 15.5 Å². The number of fused-ring (bicyclic) bond motifs is 1. The molecule has 1 aromatic carbocycles. The standard InChI is InChI=1S/C13H14BrN5S/c1-13(2,3)11-16-17-12-19(11)18-10(20-12)8-6-7(15)4-5-9(8)14/h4-6H,15H2,1-3H3. The van der Waals surface area contributed by atoms with Gasteiger partial charge in [-0.3, -0.25) is 0 Å². The first kappa shape index (κ1) is 13.5. The highest BCUT2D eigenvalue weighted by Gasteiger charge is 2.23. The second kappa shape index (κ2) is 4.53. The molecule has 5 nitrogen and oxygen atoms in total. The molecule has 0 saturated heterocycles. The summed E-state index contributed by atoms with van der Waals surface area (Å²) in [5.74, 6) is 0.857. The van der Waals surface area contributed by atoms with Crippen LogP contribution in [0.5, 0.6) is 0 Å². The van der Waals surface area contributed by atoms with Crippen LogP contribution in [0, 0.1) is 0 Å². The first-order chi connectivity index (χ1) is 9.36. The Balaban J connectivity index is 2.19. The van der Waals surface area contributed by atoms with Crippen LogP contribution in [-0.4, -0.2) is 19.8 Å². The summed E-state index contributed by atoms with van der Waals surface area (Å²) in [6, 6.07) is 5.69. The molecule has 0 radical (unpaired) electrons.